The lowest BCUT2D eigenvalue weighted by molar-refractivity contribution is 0.0957. The molecule has 1 aromatic carbocycles. The van der Waals surface area contributed by atoms with E-state index in [9.17, 15) is 4.79 Å². The predicted octanol–water partition coefficient (Wildman–Crippen LogP) is 2.19. The minimum Gasteiger partial charge on any atom is -0.495 e. The molecule has 8 heteroatoms. The summed E-state index contributed by atoms with van der Waals surface area (Å²) in [4.78, 5) is 13.7. The normalized spacial score (nSPS) is 16.6. The van der Waals surface area contributed by atoms with E-state index in [1.54, 1.807) is 26.3 Å². The first kappa shape index (κ1) is 17.3. The number of nitrogens with zero attached hydrogens (tertiary/aromatic N) is 3. The average Bonchev–Trinajstić information content (AvgIpc) is 3.10. The number of carbonyl (C=O) groups excluding carboxylic acids is 1. The Morgan fingerprint density at radius 3 is 2.84 bits per heavy atom. The standard InChI is InChI=1S/C17H20ClN5O2/c1-19-17(24)13-4-6-16(22-21-13)20-12-7-8-23(10-12)14-9-11(18)3-5-15(14)25-2/h3-6,9,12H,7-8,10H2,1-2H3,(H,19,24)(H,20,22). The summed E-state index contributed by atoms with van der Waals surface area (Å²) in [6.07, 6.45) is 0.953. The van der Waals surface area contributed by atoms with Gasteiger partial charge in [0.15, 0.2) is 5.69 Å². The Labute approximate surface area is 151 Å². The number of anilines is 2. The van der Waals surface area contributed by atoms with Crippen LogP contribution in [0.25, 0.3) is 0 Å². The number of carbonyl (C=O) groups is 1. The van der Waals surface area contributed by atoms with Gasteiger partial charge in [-0.05, 0) is 36.8 Å². The maximum atomic E-state index is 11.5. The van der Waals surface area contributed by atoms with Gasteiger partial charge >= 0.3 is 0 Å². The fraction of sp³-hybridized carbons (Fsp3) is 0.353. The number of ether oxygens (including phenoxy) is 1. The van der Waals surface area contributed by atoms with Gasteiger partial charge in [0, 0.05) is 31.2 Å². The van der Waals surface area contributed by atoms with Gasteiger partial charge in [-0.3, -0.25) is 4.79 Å². The van der Waals surface area contributed by atoms with E-state index in [4.69, 9.17) is 16.3 Å². The quantitative estimate of drug-likeness (QED) is 0.849. The topological polar surface area (TPSA) is 79.4 Å². The number of halogens is 1. The van der Waals surface area contributed by atoms with Crippen LogP contribution < -0.4 is 20.3 Å². The van der Waals surface area contributed by atoms with Gasteiger partial charge in [-0.15, -0.1) is 10.2 Å². The predicted molar refractivity (Wildman–Crippen MR) is 97.7 cm³/mol. The molecule has 0 radical (unpaired) electrons. The van der Waals surface area contributed by atoms with E-state index >= 15 is 0 Å². The second-order valence-corrected chi connectivity index (χ2v) is 6.21. The molecule has 1 aromatic heterocycles. The molecule has 7 nitrogen and oxygen atoms in total. The van der Waals surface area contributed by atoms with Crippen molar-refractivity contribution >= 4 is 29.0 Å². The second kappa shape index (κ2) is 7.57. The molecular formula is C17H20ClN5O2. The third kappa shape index (κ3) is 3.93. The molecule has 0 aliphatic carbocycles. The Kier molecular flexibility index (Phi) is 5.23. The van der Waals surface area contributed by atoms with Crippen molar-refractivity contribution in [2.45, 2.75) is 12.5 Å². The number of rotatable bonds is 5. The molecule has 1 fully saturated rings. The van der Waals surface area contributed by atoms with Crippen molar-refractivity contribution < 1.29 is 9.53 Å². The van der Waals surface area contributed by atoms with Crippen LogP contribution in [0.15, 0.2) is 30.3 Å². The summed E-state index contributed by atoms with van der Waals surface area (Å²) in [7, 11) is 3.22. The Morgan fingerprint density at radius 1 is 1.32 bits per heavy atom. The summed E-state index contributed by atoms with van der Waals surface area (Å²) in [5, 5.41) is 14.6. The highest BCUT2D eigenvalue weighted by atomic mass is 35.5. The third-order valence-corrected chi connectivity index (χ3v) is 4.38. The number of amides is 1. The fourth-order valence-electron chi connectivity index (χ4n) is 2.87. The largest absolute Gasteiger partial charge is 0.495 e. The summed E-state index contributed by atoms with van der Waals surface area (Å²) in [5.41, 5.74) is 1.28. The van der Waals surface area contributed by atoms with Crippen molar-refractivity contribution in [1.29, 1.82) is 0 Å². The third-order valence-electron chi connectivity index (χ3n) is 4.15. The zero-order chi connectivity index (χ0) is 17.8. The van der Waals surface area contributed by atoms with Crippen LogP contribution in [0.5, 0.6) is 5.75 Å². The highest BCUT2D eigenvalue weighted by molar-refractivity contribution is 6.30. The maximum absolute atomic E-state index is 11.5. The highest BCUT2D eigenvalue weighted by Gasteiger charge is 2.25. The van der Waals surface area contributed by atoms with Gasteiger partial charge in [-0.1, -0.05) is 11.6 Å². The fourth-order valence-corrected chi connectivity index (χ4v) is 3.04. The number of benzene rings is 1. The molecule has 0 bridgehead atoms. The van der Waals surface area contributed by atoms with E-state index in [0.29, 0.717) is 16.5 Å². The Morgan fingerprint density at radius 2 is 2.16 bits per heavy atom. The SMILES string of the molecule is CNC(=O)c1ccc(NC2CCN(c3cc(Cl)ccc3OC)C2)nn1. The lowest BCUT2D eigenvalue weighted by Gasteiger charge is -2.21. The lowest BCUT2D eigenvalue weighted by Crippen LogP contribution is -2.27. The van der Waals surface area contributed by atoms with Gasteiger partial charge in [0.1, 0.15) is 11.6 Å². The van der Waals surface area contributed by atoms with E-state index < -0.39 is 0 Å². The van der Waals surface area contributed by atoms with Gasteiger partial charge in [0.05, 0.1) is 12.8 Å². The molecule has 0 saturated carbocycles. The van der Waals surface area contributed by atoms with Crippen LogP contribution in [0.4, 0.5) is 11.5 Å². The van der Waals surface area contributed by atoms with Gasteiger partial charge < -0.3 is 20.3 Å². The lowest BCUT2D eigenvalue weighted by atomic mass is 10.2. The van der Waals surface area contributed by atoms with Crippen molar-refractivity contribution in [1.82, 2.24) is 15.5 Å². The second-order valence-electron chi connectivity index (χ2n) is 5.78. The van der Waals surface area contributed by atoms with Crippen LogP contribution in [0.1, 0.15) is 16.9 Å². The Bertz CT molecular complexity index is 753. The van der Waals surface area contributed by atoms with Crippen LogP contribution in [-0.2, 0) is 0 Å². The number of methoxy groups -OCH3 is 1. The molecule has 3 rings (SSSR count). The van der Waals surface area contributed by atoms with Crippen molar-refractivity contribution in [3.63, 3.8) is 0 Å². The van der Waals surface area contributed by atoms with Crippen LogP contribution in [-0.4, -0.2) is 49.4 Å². The summed E-state index contributed by atoms with van der Waals surface area (Å²) < 4.78 is 5.43. The van der Waals surface area contributed by atoms with Crippen LogP contribution in [0, 0.1) is 0 Å². The molecule has 1 aliphatic rings. The van der Waals surface area contributed by atoms with Gasteiger partial charge in [-0.2, -0.15) is 0 Å². The van der Waals surface area contributed by atoms with Crippen LogP contribution in [0.2, 0.25) is 5.02 Å². The monoisotopic (exact) mass is 361 g/mol. The number of hydrogen-bond acceptors (Lipinski definition) is 6. The molecule has 2 N–H and O–H groups in total. The van der Waals surface area contributed by atoms with Gasteiger partial charge in [-0.25, -0.2) is 0 Å². The zero-order valence-electron chi connectivity index (χ0n) is 14.1. The first-order chi connectivity index (χ1) is 12.1. The van der Waals surface area contributed by atoms with Crippen molar-refractivity contribution in [2.24, 2.45) is 0 Å². The van der Waals surface area contributed by atoms with Gasteiger partial charge in [0.2, 0.25) is 0 Å². The molecule has 1 unspecified atom stereocenters. The van der Waals surface area contributed by atoms with E-state index in [2.05, 4.69) is 25.7 Å². The van der Waals surface area contributed by atoms with Crippen molar-refractivity contribution in [3.8, 4) is 5.75 Å². The van der Waals surface area contributed by atoms with E-state index in [1.807, 2.05) is 18.2 Å². The molecular weight excluding hydrogens is 342 g/mol. The minimum absolute atomic E-state index is 0.226. The first-order valence-electron chi connectivity index (χ1n) is 8.01. The molecule has 1 saturated heterocycles. The smallest absolute Gasteiger partial charge is 0.271 e. The van der Waals surface area contributed by atoms with Crippen LogP contribution in [0.3, 0.4) is 0 Å². The number of hydrogen-bond donors (Lipinski definition) is 2. The molecule has 1 atom stereocenters. The van der Waals surface area contributed by atoms with E-state index in [1.165, 1.54) is 0 Å². The number of nitrogens with one attached hydrogen (secondary N) is 2. The first-order valence-corrected chi connectivity index (χ1v) is 8.39. The van der Waals surface area contributed by atoms with E-state index in [-0.39, 0.29) is 11.9 Å². The van der Waals surface area contributed by atoms with Crippen molar-refractivity contribution in [3.05, 3.63) is 41.0 Å². The average molecular weight is 362 g/mol. The molecule has 25 heavy (non-hydrogen) atoms. The van der Waals surface area contributed by atoms with Gasteiger partial charge in [0.25, 0.3) is 5.91 Å². The van der Waals surface area contributed by atoms with Crippen LogP contribution >= 0.6 is 11.6 Å². The zero-order valence-corrected chi connectivity index (χ0v) is 14.9. The van der Waals surface area contributed by atoms with E-state index in [0.717, 1.165) is 30.9 Å². The molecule has 132 valence electrons. The Balaban J connectivity index is 1.65. The molecule has 1 amide bonds. The minimum atomic E-state index is -0.251. The highest BCUT2D eigenvalue weighted by Crippen LogP contribution is 2.33. The summed E-state index contributed by atoms with van der Waals surface area (Å²) in [6, 6.07) is 9.26. The summed E-state index contributed by atoms with van der Waals surface area (Å²) in [5.74, 6) is 1.21. The van der Waals surface area contributed by atoms with Crippen molar-refractivity contribution in [2.75, 3.05) is 37.5 Å². The summed E-state index contributed by atoms with van der Waals surface area (Å²) in [6.45, 7) is 1.69. The molecule has 2 aromatic rings. The molecule has 1 aliphatic heterocycles. The Hall–Kier alpha value is -2.54. The number of aromatic nitrogens is 2. The molecule has 2 heterocycles. The maximum Gasteiger partial charge on any atom is 0.271 e. The molecule has 0 spiro atoms. The summed E-state index contributed by atoms with van der Waals surface area (Å²) >= 11 is 6.12.